The second-order valence-electron chi connectivity index (χ2n) is 5.87. The third kappa shape index (κ3) is 7.76. The second-order valence-corrected chi connectivity index (χ2v) is 6.79. The fourth-order valence-electron chi connectivity index (χ4n) is 2.50. The fourth-order valence-corrected chi connectivity index (χ4v) is 2.91. The lowest BCUT2D eigenvalue weighted by atomic mass is 10.1. The Labute approximate surface area is 164 Å². The SMILES string of the molecule is CCCCCCNCc1cc(Br)ccc1OCc1ccccc1F.Cl. The molecule has 0 heterocycles. The quantitative estimate of drug-likeness (QED) is 0.449. The Kier molecular flexibility index (Phi) is 10.8. The molecule has 0 bridgehead atoms. The average Bonchev–Trinajstić information content (AvgIpc) is 2.58. The standard InChI is InChI=1S/C20H25BrFNO.ClH/c1-2-3-4-7-12-23-14-17-13-18(21)10-11-20(17)24-15-16-8-5-6-9-19(16)22;/h5-6,8-11,13,23H,2-4,7,12,14-15H2,1H3;1H. The Hall–Kier alpha value is -1.10. The molecule has 0 aliphatic rings. The highest BCUT2D eigenvalue weighted by atomic mass is 79.9. The second kappa shape index (κ2) is 12.3. The molecule has 0 aromatic heterocycles. The molecule has 5 heteroatoms. The molecule has 1 N–H and O–H groups in total. The highest BCUT2D eigenvalue weighted by Gasteiger charge is 2.07. The van der Waals surface area contributed by atoms with Crippen molar-refractivity contribution in [1.82, 2.24) is 5.32 Å². The van der Waals surface area contributed by atoms with Crippen LogP contribution in [0.4, 0.5) is 4.39 Å². The maximum atomic E-state index is 13.7. The largest absolute Gasteiger partial charge is 0.488 e. The third-order valence-electron chi connectivity index (χ3n) is 3.89. The molecule has 0 aliphatic heterocycles. The number of benzene rings is 2. The molecule has 0 spiro atoms. The summed E-state index contributed by atoms with van der Waals surface area (Å²) in [6.45, 7) is 4.20. The minimum atomic E-state index is -0.231. The van der Waals surface area contributed by atoms with E-state index in [1.165, 1.54) is 31.7 Å². The van der Waals surface area contributed by atoms with Crippen molar-refractivity contribution in [2.45, 2.75) is 45.8 Å². The van der Waals surface area contributed by atoms with Crippen LogP contribution in [0.15, 0.2) is 46.9 Å². The van der Waals surface area contributed by atoms with Crippen LogP contribution in [-0.2, 0) is 13.2 Å². The van der Waals surface area contributed by atoms with Crippen LogP contribution in [0.2, 0.25) is 0 Å². The number of nitrogens with one attached hydrogen (secondary N) is 1. The molecule has 2 nitrogen and oxygen atoms in total. The van der Waals surface area contributed by atoms with Crippen LogP contribution >= 0.6 is 28.3 Å². The van der Waals surface area contributed by atoms with E-state index in [1.807, 2.05) is 18.2 Å². The van der Waals surface area contributed by atoms with E-state index in [0.717, 1.165) is 28.9 Å². The van der Waals surface area contributed by atoms with Gasteiger partial charge < -0.3 is 10.1 Å². The van der Waals surface area contributed by atoms with E-state index in [0.29, 0.717) is 5.56 Å². The van der Waals surface area contributed by atoms with Gasteiger partial charge in [-0.3, -0.25) is 0 Å². The summed E-state index contributed by atoms with van der Waals surface area (Å²) in [4.78, 5) is 0. The van der Waals surface area contributed by atoms with Crippen molar-refractivity contribution in [3.05, 3.63) is 63.9 Å². The lowest BCUT2D eigenvalue weighted by molar-refractivity contribution is 0.296. The summed E-state index contributed by atoms with van der Waals surface area (Å²) >= 11 is 3.50. The average molecular weight is 431 g/mol. The first-order valence-corrected chi connectivity index (χ1v) is 9.35. The molecule has 0 atom stereocenters. The fraction of sp³-hybridized carbons (Fsp3) is 0.400. The maximum absolute atomic E-state index is 13.7. The van der Waals surface area contributed by atoms with Crippen molar-refractivity contribution in [3.8, 4) is 5.75 Å². The Morgan fingerprint density at radius 3 is 2.60 bits per heavy atom. The maximum Gasteiger partial charge on any atom is 0.129 e. The van der Waals surface area contributed by atoms with Crippen LogP contribution in [0.1, 0.15) is 43.7 Å². The molecular weight excluding hydrogens is 405 g/mol. The number of rotatable bonds is 10. The van der Waals surface area contributed by atoms with Gasteiger partial charge in [-0.25, -0.2) is 4.39 Å². The molecule has 138 valence electrons. The molecule has 2 rings (SSSR count). The zero-order valence-corrected chi connectivity index (χ0v) is 17.0. The van der Waals surface area contributed by atoms with E-state index >= 15 is 0 Å². The topological polar surface area (TPSA) is 21.3 Å². The van der Waals surface area contributed by atoms with Crippen LogP contribution < -0.4 is 10.1 Å². The van der Waals surface area contributed by atoms with Gasteiger partial charge in [0.25, 0.3) is 0 Å². The van der Waals surface area contributed by atoms with Crippen molar-refractivity contribution in [3.63, 3.8) is 0 Å². The molecule has 0 aliphatic carbocycles. The van der Waals surface area contributed by atoms with Crippen molar-refractivity contribution in [2.75, 3.05) is 6.54 Å². The predicted molar refractivity (Wildman–Crippen MR) is 108 cm³/mol. The van der Waals surface area contributed by atoms with Crippen LogP contribution in [-0.4, -0.2) is 6.54 Å². The van der Waals surface area contributed by atoms with Crippen LogP contribution in [0.25, 0.3) is 0 Å². The van der Waals surface area contributed by atoms with Crippen molar-refractivity contribution in [1.29, 1.82) is 0 Å². The number of hydrogen-bond acceptors (Lipinski definition) is 2. The first-order chi connectivity index (χ1) is 11.7. The van der Waals surface area contributed by atoms with Gasteiger partial charge in [0.1, 0.15) is 18.2 Å². The molecule has 0 saturated heterocycles. The minimum Gasteiger partial charge on any atom is -0.488 e. The van der Waals surface area contributed by atoms with Gasteiger partial charge in [-0.1, -0.05) is 60.3 Å². The number of hydrogen-bond donors (Lipinski definition) is 1. The van der Waals surface area contributed by atoms with E-state index in [9.17, 15) is 4.39 Å². The summed E-state index contributed by atoms with van der Waals surface area (Å²) in [5, 5.41) is 3.46. The van der Waals surface area contributed by atoms with Gasteiger partial charge >= 0.3 is 0 Å². The van der Waals surface area contributed by atoms with Gasteiger partial charge in [0.15, 0.2) is 0 Å². The summed E-state index contributed by atoms with van der Waals surface area (Å²) in [5.74, 6) is 0.563. The molecule has 0 fully saturated rings. The molecule has 2 aromatic rings. The number of halogens is 3. The van der Waals surface area contributed by atoms with Gasteiger partial charge in [0.2, 0.25) is 0 Å². The van der Waals surface area contributed by atoms with E-state index in [-0.39, 0.29) is 24.8 Å². The number of unbranched alkanes of at least 4 members (excludes halogenated alkanes) is 3. The van der Waals surface area contributed by atoms with Crippen molar-refractivity contribution < 1.29 is 9.13 Å². The van der Waals surface area contributed by atoms with Gasteiger partial charge in [-0.05, 0) is 37.2 Å². The van der Waals surface area contributed by atoms with Crippen LogP contribution in [0.3, 0.4) is 0 Å². The van der Waals surface area contributed by atoms with E-state index in [4.69, 9.17) is 4.74 Å². The number of ether oxygens (including phenoxy) is 1. The molecule has 0 amide bonds. The Bertz CT molecular complexity index is 639. The molecule has 2 aromatic carbocycles. The molecule has 0 radical (unpaired) electrons. The monoisotopic (exact) mass is 429 g/mol. The van der Waals surface area contributed by atoms with Gasteiger partial charge in [0.05, 0.1) is 0 Å². The lowest BCUT2D eigenvalue weighted by Crippen LogP contribution is -2.15. The zero-order valence-electron chi connectivity index (χ0n) is 14.6. The first kappa shape index (κ1) is 21.9. The summed E-state index contributed by atoms with van der Waals surface area (Å²) in [6, 6.07) is 12.6. The van der Waals surface area contributed by atoms with Gasteiger partial charge in [0, 0.05) is 22.1 Å². The Morgan fingerprint density at radius 2 is 1.84 bits per heavy atom. The molecule has 0 unspecified atom stereocenters. The third-order valence-corrected chi connectivity index (χ3v) is 4.38. The van der Waals surface area contributed by atoms with Crippen LogP contribution in [0, 0.1) is 5.82 Å². The zero-order chi connectivity index (χ0) is 17.2. The predicted octanol–water partition coefficient (Wildman–Crippen LogP) is 6.26. The minimum absolute atomic E-state index is 0. The van der Waals surface area contributed by atoms with Crippen LogP contribution in [0.5, 0.6) is 5.75 Å². The molecular formula is C20H26BrClFNO. The lowest BCUT2D eigenvalue weighted by Gasteiger charge is -2.13. The summed E-state index contributed by atoms with van der Waals surface area (Å²) in [6.07, 6.45) is 4.99. The smallest absolute Gasteiger partial charge is 0.129 e. The van der Waals surface area contributed by atoms with Gasteiger partial charge in [-0.2, -0.15) is 0 Å². The highest BCUT2D eigenvalue weighted by Crippen LogP contribution is 2.24. The Morgan fingerprint density at radius 1 is 1.04 bits per heavy atom. The van der Waals surface area contributed by atoms with E-state index in [2.05, 4.69) is 34.2 Å². The highest BCUT2D eigenvalue weighted by molar-refractivity contribution is 9.10. The summed E-state index contributed by atoms with van der Waals surface area (Å²) in [5.41, 5.74) is 1.65. The van der Waals surface area contributed by atoms with Gasteiger partial charge in [-0.15, -0.1) is 12.4 Å². The van der Waals surface area contributed by atoms with Crippen molar-refractivity contribution >= 4 is 28.3 Å². The summed E-state index contributed by atoms with van der Waals surface area (Å²) < 4.78 is 20.6. The molecule has 25 heavy (non-hydrogen) atoms. The summed E-state index contributed by atoms with van der Waals surface area (Å²) in [7, 11) is 0. The normalized spacial score (nSPS) is 10.4. The van der Waals surface area contributed by atoms with Crippen molar-refractivity contribution in [2.24, 2.45) is 0 Å². The van der Waals surface area contributed by atoms with E-state index < -0.39 is 0 Å². The van der Waals surface area contributed by atoms with E-state index in [1.54, 1.807) is 12.1 Å². The first-order valence-electron chi connectivity index (χ1n) is 8.56. The molecule has 0 saturated carbocycles. The Balaban J connectivity index is 0.00000312.